The monoisotopic (exact) mass is 342 g/mol. The second kappa shape index (κ2) is 6.27. The molecule has 0 aliphatic carbocycles. The zero-order chi connectivity index (χ0) is 14.8. The molecule has 4 nitrogen and oxygen atoms in total. The molecule has 0 aliphatic heterocycles. The summed E-state index contributed by atoms with van der Waals surface area (Å²) < 4.78 is 25.5. The highest BCUT2D eigenvalue weighted by molar-refractivity contribution is 7.95. The maximum atomic E-state index is 14.3. The third-order valence-electron chi connectivity index (χ3n) is 2.83. The molecular weight excluding hydrogens is 331 g/mol. The lowest BCUT2D eigenvalue weighted by molar-refractivity contribution is 0.488. The molecule has 0 aliphatic rings. The maximum absolute atomic E-state index is 14.3. The van der Waals surface area contributed by atoms with E-state index in [1.54, 1.807) is 25.5 Å². The number of hydrogen-bond donors (Lipinski definition) is 1. The first-order valence-corrected chi connectivity index (χ1v) is 8.68. The molecule has 3 aromatic rings. The van der Waals surface area contributed by atoms with Crippen LogP contribution >= 0.6 is 35.4 Å². The van der Waals surface area contributed by atoms with Gasteiger partial charge in [0.05, 0.1) is 41.4 Å². The van der Waals surface area contributed by atoms with Crippen molar-refractivity contribution in [2.45, 2.75) is 5.03 Å². The molecule has 0 bridgehead atoms. The average Bonchev–Trinajstić information content (AvgIpc) is 3.03. The Hall–Kier alpha value is -1.22. The van der Waals surface area contributed by atoms with Crippen molar-refractivity contribution in [2.75, 3.05) is 13.4 Å². The van der Waals surface area contributed by atoms with Crippen molar-refractivity contribution in [1.29, 1.82) is 0 Å². The van der Waals surface area contributed by atoms with Crippen LogP contribution < -0.4 is 4.18 Å². The number of thiophene rings is 1. The van der Waals surface area contributed by atoms with Crippen LogP contribution in [0.1, 0.15) is 0 Å². The van der Waals surface area contributed by atoms with E-state index in [9.17, 15) is 4.39 Å². The van der Waals surface area contributed by atoms with Crippen molar-refractivity contribution in [3.05, 3.63) is 29.4 Å². The van der Waals surface area contributed by atoms with E-state index in [4.69, 9.17) is 8.37 Å². The number of aromatic amines is 1. The minimum absolute atomic E-state index is 0.322. The Balaban J connectivity index is 2.04. The first-order chi connectivity index (χ1) is 10.2. The van der Waals surface area contributed by atoms with E-state index < -0.39 is 0 Å². The van der Waals surface area contributed by atoms with Crippen LogP contribution in [0, 0.1) is 5.82 Å². The summed E-state index contributed by atoms with van der Waals surface area (Å²) in [6, 6.07) is 4.85. The number of fused-ring (bicyclic) bond motifs is 1. The Bertz CT molecular complexity index is 772. The van der Waals surface area contributed by atoms with E-state index >= 15 is 0 Å². The molecule has 8 heteroatoms. The Morgan fingerprint density at radius 3 is 2.90 bits per heavy atom. The molecular formula is C13H11FN2O2S3. The number of rotatable bonds is 5. The predicted octanol–water partition coefficient (Wildman–Crippen LogP) is 4.74. The van der Waals surface area contributed by atoms with Crippen molar-refractivity contribution < 1.29 is 12.8 Å². The number of H-pyrrole nitrogens is 1. The van der Waals surface area contributed by atoms with Crippen molar-refractivity contribution in [1.82, 2.24) is 10.2 Å². The van der Waals surface area contributed by atoms with Crippen LogP contribution in [0.3, 0.4) is 0 Å². The van der Waals surface area contributed by atoms with Crippen molar-refractivity contribution in [3.63, 3.8) is 0 Å². The second-order valence-corrected chi connectivity index (χ2v) is 6.29. The summed E-state index contributed by atoms with van der Waals surface area (Å²) in [6.07, 6.45) is 1.79. The van der Waals surface area contributed by atoms with Gasteiger partial charge in [0.1, 0.15) is 11.6 Å². The van der Waals surface area contributed by atoms with Crippen LogP contribution in [0.5, 0.6) is 5.75 Å². The molecule has 1 aromatic carbocycles. The Morgan fingerprint density at radius 1 is 1.33 bits per heavy atom. The highest BCUT2D eigenvalue weighted by Crippen LogP contribution is 2.39. The van der Waals surface area contributed by atoms with Gasteiger partial charge in [-0.1, -0.05) is 0 Å². The molecule has 21 heavy (non-hydrogen) atoms. The third-order valence-corrected chi connectivity index (χ3v) is 4.92. The number of hydrogen-bond acceptors (Lipinski definition) is 6. The largest absolute Gasteiger partial charge is 0.426 e. The summed E-state index contributed by atoms with van der Waals surface area (Å²) in [7, 11) is 1.59. The second-order valence-electron chi connectivity index (χ2n) is 4.02. The van der Waals surface area contributed by atoms with Crippen LogP contribution in [0.4, 0.5) is 4.39 Å². The summed E-state index contributed by atoms with van der Waals surface area (Å²) >= 11 is 3.87. The van der Waals surface area contributed by atoms with Gasteiger partial charge in [-0.3, -0.25) is 5.10 Å². The van der Waals surface area contributed by atoms with Gasteiger partial charge in [0.15, 0.2) is 5.03 Å². The summed E-state index contributed by atoms with van der Waals surface area (Å²) in [5.74, 6) is 0.173. The van der Waals surface area contributed by atoms with E-state index in [-0.39, 0.29) is 5.82 Å². The van der Waals surface area contributed by atoms with Gasteiger partial charge in [0.25, 0.3) is 0 Å². The predicted molar refractivity (Wildman–Crippen MR) is 86.4 cm³/mol. The molecule has 3 rings (SSSR count). The Morgan fingerprint density at radius 2 is 2.19 bits per heavy atom. The first-order valence-electron chi connectivity index (χ1n) is 5.91. The van der Waals surface area contributed by atoms with Gasteiger partial charge in [-0.05, 0) is 12.1 Å². The van der Waals surface area contributed by atoms with Gasteiger partial charge in [-0.15, -0.1) is 11.3 Å². The SMILES string of the molecule is COSc1n[nH]c2c(-c3ccc(OSC)cc3F)csc12. The van der Waals surface area contributed by atoms with E-state index in [1.807, 2.05) is 5.38 Å². The Labute approximate surface area is 133 Å². The van der Waals surface area contributed by atoms with Crippen molar-refractivity contribution in [3.8, 4) is 16.9 Å². The first kappa shape index (κ1) is 14.7. The van der Waals surface area contributed by atoms with E-state index in [2.05, 4.69) is 10.2 Å². The van der Waals surface area contributed by atoms with Gasteiger partial charge in [0.2, 0.25) is 0 Å². The summed E-state index contributed by atoms with van der Waals surface area (Å²) in [5, 5.41) is 9.79. The molecule has 0 spiro atoms. The quantitative estimate of drug-likeness (QED) is 0.679. The molecule has 110 valence electrons. The number of benzene rings is 1. The van der Waals surface area contributed by atoms with Crippen LogP contribution in [0.2, 0.25) is 0 Å². The minimum Gasteiger partial charge on any atom is -0.426 e. The van der Waals surface area contributed by atoms with E-state index in [1.165, 1.54) is 41.5 Å². The number of nitrogens with zero attached hydrogens (tertiary/aromatic N) is 1. The van der Waals surface area contributed by atoms with E-state index in [0.717, 1.165) is 20.8 Å². The van der Waals surface area contributed by atoms with Crippen LogP contribution in [-0.4, -0.2) is 23.6 Å². The van der Waals surface area contributed by atoms with Gasteiger partial charge in [-0.25, -0.2) is 4.39 Å². The average molecular weight is 342 g/mol. The number of aromatic nitrogens is 2. The molecule has 0 saturated carbocycles. The lowest BCUT2D eigenvalue weighted by Crippen LogP contribution is -1.86. The molecule has 0 atom stereocenters. The summed E-state index contributed by atoms with van der Waals surface area (Å²) in [4.78, 5) is 0. The minimum atomic E-state index is -0.322. The molecule has 0 fully saturated rings. The summed E-state index contributed by atoms with van der Waals surface area (Å²) in [6.45, 7) is 0. The molecule has 0 radical (unpaired) electrons. The van der Waals surface area contributed by atoms with E-state index in [0.29, 0.717) is 11.3 Å². The standard InChI is InChI=1S/C13H11FN2O2S3/c1-17-21-13-12-11(15-16-13)9(6-20-12)8-4-3-7(18-19-2)5-10(8)14/h3-6H,1-2H3,(H,15,16). The van der Waals surface area contributed by atoms with Gasteiger partial charge < -0.3 is 8.37 Å². The fourth-order valence-electron chi connectivity index (χ4n) is 1.98. The zero-order valence-corrected chi connectivity index (χ0v) is 13.6. The number of nitrogens with one attached hydrogen (secondary N) is 1. The smallest absolute Gasteiger partial charge is 0.163 e. The normalized spacial score (nSPS) is 11.2. The third kappa shape index (κ3) is 2.76. The van der Waals surface area contributed by atoms with Crippen LogP contribution in [-0.2, 0) is 4.18 Å². The van der Waals surface area contributed by atoms with Crippen LogP contribution in [0.25, 0.3) is 21.3 Å². The Kier molecular flexibility index (Phi) is 4.39. The van der Waals surface area contributed by atoms with Gasteiger partial charge in [-0.2, -0.15) is 5.10 Å². The molecule has 0 saturated heterocycles. The molecule has 2 heterocycles. The molecule has 2 aromatic heterocycles. The van der Waals surface area contributed by atoms with Gasteiger partial charge >= 0.3 is 0 Å². The topological polar surface area (TPSA) is 47.1 Å². The highest BCUT2D eigenvalue weighted by atomic mass is 32.2. The zero-order valence-electron chi connectivity index (χ0n) is 11.2. The van der Waals surface area contributed by atoms with Gasteiger partial charge in [0, 0.05) is 28.8 Å². The summed E-state index contributed by atoms with van der Waals surface area (Å²) in [5.41, 5.74) is 2.13. The van der Waals surface area contributed by atoms with Crippen molar-refractivity contribution in [2.24, 2.45) is 0 Å². The van der Waals surface area contributed by atoms with Crippen LogP contribution in [0.15, 0.2) is 28.6 Å². The highest BCUT2D eigenvalue weighted by Gasteiger charge is 2.16. The fourth-order valence-corrected chi connectivity index (χ4v) is 3.84. The van der Waals surface area contributed by atoms with Crippen molar-refractivity contribution >= 4 is 45.6 Å². The number of halogens is 1. The molecule has 1 N–H and O–H groups in total. The lowest BCUT2D eigenvalue weighted by Gasteiger charge is -2.04. The lowest BCUT2D eigenvalue weighted by atomic mass is 10.1. The molecule has 0 unspecified atom stereocenters. The maximum Gasteiger partial charge on any atom is 0.163 e. The molecule has 0 amide bonds. The fraction of sp³-hybridized carbons (Fsp3) is 0.154.